The van der Waals surface area contributed by atoms with Crippen molar-refractivity contribution in [3.05, 3.63) is 17.2 Å². The van der Waals surface area contributed by atoms with E-state index in [0.717, 1.165) is 6.42 Å². The smallest absolute Gasteiger partial charge is 0.112 e. The molecular weight excluding hydrogens is 280 g/mol. The zero-order valence-corrected chi connectivity index (χ0v) is 17.2. The van der Waals surface area contributed by atoms with E-state index in [4.69, 9.17) is 4.98 Å². The Balaban J connectivity index is 3.39. The highest BCUT2D eigenvalue weighted by atomic mass is 15.0. The molecule has 0 spiro atoms. The van der Waals surface area contributed by atoms with Gasteiger partial charge in [0.15, 0.2) is 0 Å². The van der Waals surface area contributed by atoms with Crippen LogP contribution in [0.2, 0.25) is 0 Å². The molecule has 0 radical (unpaired) electrons. The largest absolute Gasteiger partial charge is 0.345 e. The van der Waals surface area contributed by atoms with Crippen LogP contribution in [0.4, 0.5) is 0 Å². The first-order chi connectivity index (χ1) is 10.5. The zero-order chi connectivity index (χ0) is 17.9. The first kappa shape index (κ1) is 20.3. The molecule has 2 heteroatoms. The van der Waals surface area contributed by atoms with Crippen molar-refractivity contribution in [1.29, 1.82) is 0 Å². The minimum atomic E-state index is 0.120. The van der Waals surface area contributed by atoms with Crippen molar-refractivity contribution in [2.45, 2.75) is 117 Å². The minimum Gasteiger partial charge on any atom is -0.345 e. The number of hydrogen-bond acceptors (Lipinski definition) is 1. The first-order valence-electron chi connectivity index (χ1n) is 9.63. The van der Waals surface area contributed by atoms with Gasteiger partial charge < -0.3 is 4.98 Å². The lowest BCUT2D eigenvalue weighted by molar-refractivity contribution is 0.424. The Bertz CT molecular complexity index is 492. The molecule has 0 saturated heterocycles. The van der Waals surface area contributed by atoms with Gasteiger partial charge in [0.05, 0.1) is 5.69 Å². The molecule has 1 N–H and O–H groups in total. The summed E-state index contributed by atoms with van der Waals surface area (Å²) >= 11 is 0. The van der Waals surface area contributed by atoms with Crippen LogP contribution in [0.15, 0.2) is 0 Å². The second-order valence-electron chi connectivity index (χ2n) is 9.17. The maximum absolute atomic E-state index is 5.17. The van der Waals surface area contributed by atoms with Gasteiger partial charge in [-0.15, -0.1) is 0 Å². The van der Waals surface area contributed by atoms with Crippen LogP contribution in [-0.2, 0) is 16.2 Å². The van der Waals surface area contributed by atoms with Crippen molar-refractivity contribution in [2.75, 3.05) is 0 Å². The topological polar surface area (TPSA) is 28.7 Å². The summed E-state index contributed by atoms with van der Waals surface area (Å²) in [6, 6.07) is 0. The number of aromatic nitrogens is 2. The number of hydrogen-bond donors (Lipinski definition) is 1. The second-order valence-corrected chi connectivity index (χ2v) is 9.17. The third kappa shape index (κ3) is 4.61. The van der Waals surface area contributed by atoms with Gasteiger partial charge in [-0.3, -0.25) is 0 Å². The van der Waals surface area contributed by atoms with Crippen molar-refractivity contribution in [1.82, 2.24) is 9.97 Å². The third-order valence-electron chi connectivity index (χ3n) is 5.58. The number of unbranched alkanes of at least 4 members (excludes halogenated alkanes) is 1. The van der Waals surface area contributed by atoms with E-state index < -0.39 is 0 Å². The van der Waals surface area contributed by atoms with Crippen molar-refractivity contribution in [3.8, 4) is 0 Å². The summed E-state index contributed by atoms with van der Waals surface area (Å²) in [5, 5.41) is 0. The van der Waals surface area contributed by atoms with Crippen molar-refractivity contribution >= 4 is 0 Å². The van der Waals surface area contributed by atoms with E-state index in [0.29, 0.717) is 0 Å². The van der Waals surface area contributed by atoms with Crippen molar-refractivity contribution in [2.24, 2.45) is 0 Å². The Morgan fingerprint density at radius 2 is 1.39 bits per heavy atom. The Kier molecular flexibility index (Phi) is 6.52. The fraction of sp³-hybridized carbons (Fsp3) is 0.857. The fourth-order valence-electron chi connectivity index (χ4n) is 3.33. The molecule has 0 aliphatic heterocycles. The lowest BCUT2D eigenvalue weighted by atomic mass is 9.76. The Morgan fingerprint density at radius 1 is 0.783 bits per heavy atom. The monoisotopic (exact) mass is 320 g/mol. The molecule has 1 aromatic rings. The summed E-state index contributed by atoms with van der Waals surface area (Å²) in [6.07, 6.45) is 7.20. The SMILES string of the molecule is CCCCC(C)(C)c1nc(C(C)(C)CC)c(C(C)(C)CCC)[nH]1. The number of H-pyrrole nitrogens is 1. The maximum Gasteiger partial charge on any atom is 0.112 e. The van der Waals surface area contributed by atoms with Crippen LogP contribution in [0.5, 0.6) is 0 Å². The molecule has 134 valence electrons. The van der Waals surface area contributed by atoms with Gasteiger partial charge in [-0.25, -0.2) is 4.98 Å². The number of nitrogens with zero attached hydrogens (tertiary/aromatic N) is 1. The highest BCUT2D eigenvalue weighted by molar-refractivity contribution is 5.31. The van der Waals surface area contributed by atoms with E-state index in [-0.39, 0.29) is 16.2 Å². The Morgan fingerprint density at radius 3 is 1.87 bits per heavy atom. The van der Waals surface area contributed by atoms with Crippen molar-refractivity contribution in [3.63, 3.8) is 0 Å². The molecule has 0 unspecified atom stereocenters. The summed E-state index contributed by atoms with van der Waals surface area (Å²) in [6.45, 7) is 20.9. The molecule has 0 aliphatic carbocycles. The van der Waals surface area contributed by atoms with Crippen LogP contribution in [0.1, 0.15) is 118 Å². The van der Waals surface area contributed by atoms with Crippen LogP contribution < -0.4 is 0 Å². The van der Waals surface area contributed by atoms with Gasteiger partial charge in [-0.1, -0.05) is 81.6 Å². The predicted molar refractivity (Wildman–Crippen MR) is 102 cm³/mol. The molecule has 0 fully saturated rings. The predicted octanol–water partition coefficient (Wildman–Crippen LogP) is 6.64. The standard InChI is InChI=1S/C21H40N2/c1-10-13-15-21(8,9)18-22-16(19(4,5)12-3)17(23-18)20(6,7)14-11-2/h10-15H2,1-9H3,(H,22,23). The maximum atomic E-state index is 5.17. The zero-order valence-electron chi connectivity index (χ0n) is 17.2. The number of nitrogens with one attached hydrogen (secondary N) is 1. The van der Waals surface area contributed by atoms with Gasteiger partial charge in [0, 0.05) is 21.9 Å². The molecule has 1 heterocycles. The summed E-state index contributed by atoms with van der Waals surface area (Å²) in [4.78, 5) is 8.96. The molecule has 0 aliphatic rings. The second kappa shape index (κ2) is 7.40. The molecule has 1 aromatic heterocycles. The fourth-order valence-corrected chi connectivity index (χ4v) is 3.33. The van der Waals surface area contributed by atoms with Crippen LogP contribution in [0.25, 0.3) is 0 Å². The molecule has 0 aromatic carbocycles. The quantitative estimate of drug-likeness (QED) is 0.542. The van der Waals surface area contributed by atoms with Gasteiger partial charge >= 0.3 is 0 Å². The highest BCUT2D eigenvalue weighted by Crippen LogP contribution is 2.39. The van der Waals surface area contributed by atoms with E-state index in [1.807, 2.05) is 0 Å². The third-order valence-corrected chi connectivity index (χ3v) is 5.58. The van der Waals surface area contributed by atoms with Crippen LogP contribution in [0, 0.1) is 0 Å². The van der Waals surface area contributed by atoms with Gasteiger partial charge in [0.25, 0.3) is 0 Å². The van der Waals surface area contributed by atoms with E-state index >= 15 is 0 Å². The van der Waals surface area contributed by atoms with Gasteiger partial charge in [0.1, 0.15) is 5.82 Å². The van der Waals surface area contributed by atoms with Gasteiger partial charge in [-0.2, -0.15) is 0 Å². The van der Waals surface area contributed by atoms with E-state index in [2.05, 4.69) is 67.3 Å². The Hall–Kier alpha value is -0.790. The molecule has 0 atom stereocenters. The number of rotatable bonds is 9. The van der Waals surface area contributed by atoms with Gasteiger partial charge in [-0.05, 0) is 19.3 Å². The lowest BCUT2D eigenvalue weighted by Crippen LogP contribution is -2.26. The van der Waals surface area contributed by atoms with E-state index in [1.165, 1.54) is 49.3 Å². The first-order valence-corrected chi connectivity index (χ1v) is 9.63. The molecule has 0 amide bonds. The Labute approximate surface area is 144 Å². The summed E-state index contributed by atoms with van der Waals surface area (Å²) in [5.41, 5.74) is 3.05. The van der Waals surface area contributed by atoms with Crippen LogP contribution in [0.3, 0.4) is 0 Å². The number of imidazole rings is 1. The molecule has 0 saturated carbocycles. The lowest BCUT2D eigenvalue weighted by Gasteiger charge is -2.29. The van der Waals surface area contributed by atoms with Crippen molar-refractivity contribution < 1.29 is 0 Å². The molecule has 2 nitrogen and oxygen atoms in total. The molecule has 1 rings (SSSR count). The van der Waals surface area contributed by atoms with E-state index in [1.54, 1.807) is 0 Å². The minimum absolute atomic E-state index is 0.120. The number of aromatic amines is 1. The average Bonchev–Trinajstić information content (AvgIpc) is 2.93. The average molecular weight is 321 g/mol. The van der Waals surface area contributed by atoms with Crippen LogP contribution >= 0.6 is 0 Å². The molecular formula is C21H40N2. The van der Waals surface area contributed by atoms with Gasteiger partial charge in [0.2, 0.25) is 0 Å². The molecule has 23 heavy (non-hydrogen) atoms. The summed E-state index contributed by atoms with van der Waals surface area (Å²) in [5.74, 6) is 1.18. The normalized spacial score (nSPS) is 13.6. The summed E-state index contributed by atoms with van der Waals surface area (Å²) in [7, 11) is 0. The van der Waals surface area contributed by atoms with Crippen LogP contribution in [-0.4, -0.2) is 9.97 Å². The summed E-state index contributed by atoms with van der Waals surface area (Å²) < 4.78 is 0. The molecule has 0 bridgehead atoms. The van der Waals surface area contributed by atoms with E-state index in [9.17, 15) is 0 Å². The highest BCUT2D eigenvalue weighted by Gasteiger charge is 2.36.